The summed E-state index contributed by atoms with van der Waals surface area (Å²) in [6.07, 6.45) is 0.773. The van der Waals surface area contributed by atoms with Gasteiger partial charge in [0.1, 0.15) is 11.5 Å². The highest BCUT2D eigenvalue weighted by Crippen LogP contribution is 2.16. The highest BCUT2D eigenvalue weighted by atomic mass is 32.1. The lowest BCUT2D eigenvalue weighted by Crippen LogP contribution is -2.29. The number of aliphatic hydroxyl groups is 1. The Balaban J connectivity index is 1.89. The normalized spacial score (nSPS) is 13.6. The van der Waals surface area contributed by atoms with Crippen LogP contribution in [0, 0.1) is 11.7 Å². The Morgan fingerprint density at radius 2 is 2.22 bits per heavy atom. The fourth-order valence-corrected chi connectivity index (χ4v) is 3.15. The van der Waals surface area contributed by atoms with Gasteiger partial charge in [0.15, 0.2) is 0 Å². The molecule has 4 nitrogen and oxygen atoms in total. The van der Waals surface area contributed by atoms with E-state index in [2.05, 4.69) is 10.3 Å². The van der Waals surface area contributed by atoms with Crippen LogP contribution in [0.3, 0.4) is 0 Å². The molecule has 0 radical (unpaired) electrons. The number of aliphatic hydroxyl groups excluding tert-OH is 1. The Morgan fingerprint density at radius 3 is 2.91 bits per heavy atom. The number of hydrogen-bond donors (Lipinski definition) is 2. The van der Waals surface area contributed by atoms with E-state index in [9.17, 15) is 14.3 Å². The Labute approximate surface area is 139 Å². The fraction of sp³-hybridized carbons (Fsp3) is 0.412. The van der Waals surface area contributed by atoms with Crippen LogP contribution in [0.5, 0.6) is 0 Å². The molecule has 6 heteroatoms. The summed E-state index contributed by atoms with van der Waals surface area (Å²) in [5.41, 5.74) is 1.21. The highest BCUT2D eigenvalue weighted by molar-refractivity contribution is 7.09. The summed E-state index contributed by atoms with van der Waals surface area (Å²) in [5, 5.41) is 14.6. The van der Waals surface area contributed by atoms with Crippen molar-refractivity contribution < 1.29 is 14.3 Å². The van der Waals surface area contributed by atoms with Crippen molar-refractivity contribution in [2.45, 2.75) is 32.8 Å². The number of rotatable bonds is 7. The van der Waals surface area contributed by atoms with Crippen molar-refractivity contribution in [1.29, 1.82) is 0 Å². The molecule has 23 heavy (non-hydrogen) atoms. The van der Waals surface area contributed by atoms with Crippen LogP contribution in [0.4, 0.5) is 4.39 Å². The molecule has 2 aromatic rings. The van der Waals surface area contributed by atoms with Gasteiger partial charge in [0.2, 0.25) is 0 Å². The number of carbonyl (C=O) groups is 1. The van der Waals surface area contributed by atoms with Crippen LogP contribution in [0.2, 0.25) is 0 Å². The molecular formula is C17H21FN2O2S. The van der Waals surface area contributed by atoms with E-state index in [0.717, 1.165) is 10.6 Å². The van der Waals surface area contributed by atoms with Crippen LogP contribution in [0.1, 0.15) is 41.3 Å². The number of benzene rings is 1. The van der Waals surface area contributed by atoms with Crippen molar-refractivity contribution in [2.24, 2.45) is 5.92 Å². The lowest BCUT2D eigenvalue weighted by molar-refractivity contribution is 0.0935. The number of amides is 1. The molecule has 2 atom stereocenters. The molecule has 124 valence electrons. The number of thiazole rings is 1. The summed E-state index contributed by atoms with van der Waals surface area (Å²) in [7, 11) is 0. The third kappa shape index (κ3) is 5.73. The summed E-state index contributed by atoms with van der Waals surface area (Å²) in [6.45, 7) is 4.21. The molecule has 1 amide bonds. The van der Waals surface area contributed by atoms with E-state index in [0.29, 0.717) is 25.1 Å². The smallest absolute Gasteiger partial charge is 0.270 e. The van der Waals surface area contributed by atoms with Crippen LogP contribution in [-0.4, -0.2) is 28.6 Å². The Hall–Kier alpha value is -1.79. The lowest BCUT2D eigenvalue weighted by Gasteiger charge is -2.13. The first-order valence-electron chi connectivity index (χ1n) is 7.59. The SMILES string of the molecule is CC(O)CC(C)CNC(=O)c1csc(Cc2cccc(F)c2)n1. The highest BCUT2D eigenvalue weighted by Gasteiger charge is 2.13. The summed E-state index contributed by atoms with van der Waals surface area (Å²) >= 11 is 1.39. The van der Waals surface area contributed by atoms with Gasteiger partial charge in [-0.3, -0.25) is 4.79 Å². The van der Waals surface area contributed by atoms with Crippen molar-refractivity contribution in [3.05, 3.63) is 51.7 Å². The maximum Gasteiger partial charge on any atom is 0.270 e. The summed E-state index contributed by atoms with van der Waals surface area (Å²) in [6, 6.07) is 6.37. The number of carbonyl (C=O) groups excluding carboxylic acids is 1. The summed E-state index contributed by atoms with van der Waals surface area (Å²) in [5.74, 6) is -0.294. The number of hydrogen-bond acceptors (Lipinski definition) is 4. The quantitative estimate of drug-likeness (QED) is 0.817. The Kier molecular flexibility index (Phi) is 6.24. The van der Waals surface area contributed by atoms with E-state index in [-0.39, 0.29) is 23.7 Å². The lowest BCUT2D eigenvalue weighted by atomic mass is 10.0. The molecule has 1 aromatic heterocycles. The molecule has 0 fully saturated rings. The van der Waals surface area contributed by atoms with Crippen molar-refractivity contribution in [3.63, 3.8) is 0 Å². The van der Waals surface area contributed by atoms with Gasteiger partial charge < -0.3 is 10.4 Å². The number of aromatic nitrogens is 1. The number of nitrogens with zero attached hydrogens (tertiary/aromatic N) is 1. The zero-order valence-electron chi connectivity index (χ0n) is 13.3. The minimum atomic E-state index is -0.376. The van der Waals surface area contributed by atoms with Crippen molar-refractivity contribution >= 4 is 17.2 Å². The topological polar surface area (TPSA) is 62.2 Å². The molecule has 0 aliphatic rings. The van der Waals surface area contributed by atoms with Crippen LogP contribution >= 0.6 is 11.3 Å². The van der Waals surface area contributed by atoms with Gasteiger partial charge in [0, 0.05) is 18.3 Å². The molecule has 2 unspecified atom stereocenters. The van der Waals surface area contributed by atoms with E-state index in [1.54, 1.807) is 18.4 Å². The maximum absolute atomic E-state index is 13.2. The van der Waals surface area contributed by atoms with Crippen LogP contribution in [0.15, 0.2) is 29.6 Å². The van der Waals surface area contributed by atoms with E-state index < -0.39 is 0 Å². The van der Waals surface area contributed by atoms with E-state index in [4.69, 9.17) is 0 Å². The molecule has 1 aromatic carbocycles. The summed E-state index contributed by atoms with van der Waals surface area (Å²) < 4.78 is 13.2. The van der Waals surface area contributed by atoms with Crippen LogP contribution in [0.25, 0.3) is 0 Å². The maximum atomic E-state index is 13.2. The number of halogens is 1. The Bertz CT molecular complexity index is 658. The fourth-order valence-electron chi connectivity index (χ4n) is 2.34. The van der Waals surface area contributed by atoms with Crippen LogP contribution in [-0.2, 0) is 6.42 Å². The standard InChI is InChI=1S/C17H21FN2O2S/c1-11(6-12(2)21)9-19-17(22)15-10-23-16(20-15)8-13-4-3-5-14(18)7-13/h3-5,7,10-12,21H,6,8-9H2,1-2H3,(H,19,22). The molecule has 2 N–H and O–H groups in total. The van der Waals surface area contributed by atoms with Gasteiger partial charge in [-0.1, -0.05) is 19.1 Å². The van der Waals surface area contributed by atoms with Gasteiger partial charge in [0.25, 0.3) is 5.91 Å². The largest absolute Gasteiger partial charge is 0.393 e. The van der Waals surface area contributed by atoms with E-state index >= 15 is 0 Å². The first kappa shape index (κ1) is 17.6. The summed E-state index contributed by atoms with van der Waals surface area (Å²) in [4.78, 5) is 16.4. The van der Waals surface area contributed by atoms with Gasteiger partial charge in [-0.2, -0.15) is 0 Å². The third-order valence-electron chi connectivity index (χ3n) is 3.38. The number of nitrogens with one attached hydrogen (secondary N) is 1. The third-order valence-corrected chi connectivity index (χ3v) is 4.23. The second kappa shape index (κ2) is 8.17. The van der Waals surface area contributed by atoms with Crippen LogP contribution < -0.4 is 5.32 Å². The molecule has 0 spiro atoms. The minimum Gasteiger partial charge on any atom is -0.393 e. The van der Waals surface area contributed by atoms with Crippen molar-refractivity contribution in [3.8, 4) is 0 Å². The monoisotopic (exact) mass is 336 g/mol. The minimum absolute atomic E-state index is 0.198. The second-order valence-electron chi connectivity index (χ2n) is 5.83. The molecule has 0 aliphatic carbocycles. The van der Waals surface area contributed by atoms with Crippen molar-refractivity contribution in [2.75, 3.05) is 6.54 Å². The van der Waals surface area contributed by atoms with E-state index in [1.165, 1.54) is 23.5 Å². The zero-order chi connectivity index (χ0) is 16.8. The predicted octanol–water partition coefficient (Wildman–Crippen LogP) is 3.01. The van der Waals surface area contributed by atoms with Gasteiger partial charge in [-0.15, -0.1) is 11.3 Å². The molecule has 2 rings (SSSR count). The molecule has 0 saturated carbocycles. The van der Waals surface area contributed by atoms with Gasteiger partial charge in [-0.25, -0.2) is 9.37 Å². The first-order chi connectivity index (χ1) is 10.9. The molecule has 0 saturated heterocycles. The van der Waals surface area contributed by atoms with Gasteiger partial charge in [-0.05, 0) is 37.0 Å². The Morgan fingerprint density at radius 1 is 1.43 bits per heavy atom. The van der Waals surface area contributed by atoms with Gasteiger partial charge >= 0.3 is 0 Å². The van der Waals surface area contributed by atoms with Gasteiger partial charge in [0.05, 0.1) is 11.1 Å². The molecular weight excluding hydrogens is 315 g/mol. The average molecular weight is 336 g/mol. The molecule has 0 aliphatic heterocycles. The first-order valence-corrected chi connectivity index (χ1v) is 8.47. The van der Waals surface area contributed by atoms with Crippen molar-refractivity contribution in [1.82, 2.24) is 10.3 Å². The molecule has 1 heterocycles. The predicted molar refractivity (Wildman–Crippen MR) is 89.1 cm³/mol. The second-order valence-corrected chi connectivity index (χ2v) is 6.78. The average Bonchev–Trinajstić information content (AvgIpc) is 2.92. The zero-order valence-corrected chi connectivity index (χ0v) is 14.1. The molecule has 0 bridgehead atoms. The van der Waals surface area contributed by atoms with E-state index in [1.807, 2.05) is 13.0 Å².